The van der Waals surface area contributed by atoms with Crippen molar-refractivity contribution in [2.75, 3.05) is 5.32 Å². The number of pyridine rings is 1. The smallest absolute Gasteiger partial charge is 0.143 e. The quantitative estimate of drug-likeness (QED) is 0.765. The number of nitrogens with one attached hydrogen (secondary N) is 1. The van der Waals surface area contributed by atoms with E-state index in [-0.39, 0.29) is 0 Å². The van der Waals surface area contributed by atoms with E-state index in [9.17, 15) is 0 Å². The van der Waals surface area contributed by atoms with E-state index < -0.39 is 0 Å². The Labute approximate surface area is 110 Å². The van der Waals surface area contributed by atoms with Gasteiger partial charge in [-0.15, -0.1) is 5.10 Å². The van der Waals surface area contributed by atoms with Crippen LogP contribution in [0.5, 0.6) is 0 Å². The number of tetrazole rings is 1. The van der Waals surface area contributed by atoms with E-state index in [1.807, 2.05) is 42.6 Å². The Bertz CT molecular complexity index is 635. The summed E-state index contributed by atoms with van der Waals surface area (Å²) in [6.45, 7) is 0.729. The third kappa shape index (κ3) is 2.74. The van der Waals surface area contributed by atoms with Crippen molar-refractivity contribution < 1.29 is 0 Å². The third-order valence-corrected chi connectivity index (χ3v) is 2.68. The first kappa shape index (κ1) is 11.3. The average molecular weight is 252 g/mol. The number of aromatic nitrogens is 5. The third-order valence-electron chi connectivity index (χ3n) is 2.68. The largest absolute Gasteiger partial charge is 0.381 e. The molecule has 6 heteroatoms. The molecule has 0 aliphatic heterocycles. The fraction of sp³-hybridized carbons (Fsp3) is 0.0769. The highest BCUT2D eigenvalue weighted by Gasteiger charge is 1.99. The predicted octanol–water partition coefficient (Wildman–Crippen LogP) is 1.67. The van der Waals surface area contributed by atoms with E-state index in [0.717, 1.165) is 23.5 Å². The van der Waals surface area contributed by atoms with Gasteiger partial charge in [0.15, 0.2) is 0 Å². The lowest BCUT2D eigenvalue weighted by molar-refractivity contribution is 0.789. The zero-order valence-electron chi connectivity index (χ0n) is 10.1. The zero-order valence-corrected chi connectivity index (χ0v) is 10.1. The molecule has 0 aliphatic carbocycles. The first-order valence-electron chi connectivity index (χ1n) is 5.88. The van der Waals surface area contributed by atoms with Crippen LogP contribution in [0, 0.1) is 0 Å². The van der Waals surface area contributed by atoms with Gasteiger partial charge in [0.05, 0.1) is 5.69 Å². The molecule has 0 atom stereocenters. The number of hydrogen-bond acceptors (Lipinski definition) is 5. The Kier molecular flexibility index (Phi) is 3.14. The van der Waals surface area contributed by atoms with Crippen LogP contribution in [0.25, 0.3) is 5.69 Å². The highest BCUT2D eigenvalue weighted by molar-refractivity contribution is 5.50. The van der Waals surface area contributed by atoms with Gasteiger partial charge in [0.25, 0.3) is 0 Å². The first-order chi connectivity index (χ1) is 9.42. The van der Waals surface area contributed by atoms with Crippen molar-refractivity contribution in [1.82, 2.24) is 25.2 Å². The maximum Gasteiger partial charge on any atom is 0.143 e. The maximum absolute atomic E-state index is 4.08. The maximum atomic E-state index is 4.08. The lowest BCUT2D eigenvalue weighted by atomic mass is 10.2. The molecular formula is C13H12N6. The van der Waals surface area contributed by atoms with Crippen molar-refractivity contribution >= 4 is 5.69 Å². The number of nitrogens with zero attached hydrogens (tertiary/aromatic N) is 5. The van der Waals surface area contributed by atoms with Gasteiger partial charge >= 0.3 is 0 Å². The Balaban J connectivity index is 1.74. The molecule has 2 heterocycles. The van der Waals surface area contributed by atoms with Crippen LogP contribution >= 0.6 is 0 Å². The summed E-state index contributed by atoms with van der Waals surface area (Å²) in [4.78, 5) is 4.08. The van der Waals surface area contributed by atoms with Gasteiger partial charge in [0.2, 0.25) is 0 Å². The van der Waals surface area contributed by atoms with Crippen molar-refractivity contribution in [1.29, 1.82) is 0 Å². The summed E-state index contributed by atoms with van der Waals surface area (Å²) in [7, 11) is 0. The normalized spacial score (nSPS) is 10.3. The van der Waals surface area contributed by atoms with Gasteiger partial charge in [0, 0.05) is 24.6 Å². The Morgan fingerprint density at radius 1 is 1.16 bits per heavy atom. The molecule has 1 N–H and O–H groups in total. The van der Waals surface area contributed by atoms with Crippen molar-refractivity contribution in [3.05, 3.63) is 60.7 Å². The topological polar surface area (TPSA) is 68.5 Å². The average Bonchev–Trinajstić information content (AvgIpc) is 3.01. The van der Waals surface area contributed by atoms with Crippen LogP contribution in [0.15, 0.2) is 55.1 Å². The summed E-state index contributed by atoms with van der Waals surface area (Å²) in [6, 6.07) is 11.9. The predicted molar refractivity (Wildman–Crippen MR) is 70.7 cm³/mol. The van der Waals surface area contributed by atoms with Crippen molar-refractivity contribution in [2.24, 2.45) is 0 Å². The first-order valence-corrected chi connectivity index (χ1v) is 5.88. The molecule has 2 aromatic heterocycles. The van der Waals surface area contributed by atoms with Gasteiger partial charge in [-0.2, -0.15) is 0 Å². The molecule has 0 unspecified atom stereocenters. The van der Waals surface area contributed by atoms with E-state index in [1.165, 1.54) is 0 Å². The molecule has 0 radical (unpaired) electrons. The van der Waals surface area contributed by atoms with Crippen LogP contribution in [0.2, 0.25) is 0 Å². The summed E-state index contributed by atoms with van der Waals surface area (Å²) in [6.07, 6.45) is 5.18. The fourth-order valence-corrected chi connectivity index (χ4v) is 1.74. The Hall–Kier alpha value is -2.76. The van der Waals surface area contributed by atoms with E-state index in [4.69, 9.17) is 0 Å². The van der Waals surface area contributed by atoms with Gasteiger partial charge < -0.3 is 5.32 Å². The van der Waals surface area contributed by atoms with Crippen LogP contribution in [-0.4, -0.2) is 25.2 Å². The summed E-state index contributed by atoms with van der Waals surface area (Å²) < 4.78 is 1.62. The SMILES string of the molecule is c1cncc(CNc2cccc(-n3cnnn3)c2)c1. The Morgan fingerprint density at radius 3 is 2.95 bits per heavy atom. The summed E-state index contributed by atoms with van der Waals surface area (Å²) in [5.74, 6) is 0. The second-order valence-corrected chi connectivity index (χ2v) is 4.02. The van der Waals surface area contributed by atoms with Gasteiger partial charge in [-0.1, -0.05) is 12.1 Å². The molecule has 0 amide bonds. The van der Waals surface area contributed by atoms with Crippen molar-refractivity contribution in [3.63, 3.8) is 0 Å². The Morgan fingerprint density at radius 2 is 2.16 bits per heavy atom. The number of anilines is 1. The van der Waals surface area contributed by atoms with Crippen LogP contribution < -0.4 is 5.32 Å². The molecule has 3 aromatic rings. The molecule has 1 aromatic carbocycles. The second kappa shape index (κ2) is 5.26. The molecule has 0 saturated carbocycles. The minimum absolute atomic E-state index is 0.729. The number of hydrogen-bond donors (Lipinski definition) is 1. The van der Waals surface area contributed by atoms with Crippen LogP contribution in [-0.2, 0) is 6.54 Å². The minimum atomic E-state index is 0.729. The lowest BCUT2D eigenvalue weighted by Crippen LogP contribution is -2.01. The van der Waals surface area contributed by atoms with E-state index in [1.54, 1.807) is 17.2 Å². The number of rotatable bonds is 4. The van der Waals surface area contributed by atoms with Gasteiger partial charge in [-0.05, 0) is 40.3 Å². The molecule has 0 spiro atoms. The second-order valence-electron chi connectivity index (χ2n) is 4.02. The molecule has 0 saturated heterocycles. The van der Waals surface area contributed by atoms with Crippen LogP contribution in [0.4, 0.5) is 5.69 Å². The van der Waals surface area contributed by atoms with Crippen molar-refractivity contribution in [2.45, 2.75) is 6.54 Å². The molecule has 0 bridgehead atoms. The monoisotopic (exact) mass is 252 g/mol. The summed E-state index contributed by atoms with van der Waals surface area (Å²) >= 11 is 0. The molecule has 6 nitrogen and oxygen atoms in total. The van der Waals surface area contributed by atoms with E-state index >= 15 is 0 Å². The molecule has 0 aliphatic rings. The van der Waals surface area contributed by atoms with Gasteiger partial charge in [0.1, 0.15) is 6.33 Å². The zero-order chi connectivity index (χ0) is 12.9. The fourth-order valence-electron chi connectivity index (χ4n) is 1.74. The summed E-state index contributed by atoms with van der Waals surface area (Å²) in [5, 5.41) is 14.5. The molecular weight excluding hydrogens is 240 g/mol. The summed E-state index contributed by atoms with van der Waals surface area (Å²) in [5.41, 5.74) is 3.06. The highest BCUT2D eigenvalue weighted by atomic mass is 15.5. The van der Waals surface area contributed by atoms with Gasteiger partial charge in [-0.25, -0.2) is 4.68 Å². The molecule has 0 fully saturated rings. The van der Waals surface area contributed by atoms with Gasteiger partial charge in [-0.3, -0.25) is 4.98 Å². The van der Waals surface area contributed by atoms with E-state index in [2.05, 4.69) is 25.8 Å². The van der Waals surface area contributed by atoms with Crippen molar-refractivity contribution in [3.8, 4) is 5.69 Å². The molecule has 19 heavy (non-hydrogen) atoms. The minimum Gasteiger partial charge on any atom is -0.381 e. The molecule has 94 valence electrons. The number of benzene rings is 1. The lowest BCUT2D eigenvalue weighted by Gasteiger charge is -2.07. The standard InChI is InChI=1S/C13H12N6/c1-4-12(15-9-11-3-2-6-14-8-11)7-13(5-1)19-10-16-17-18-19/h1-8,10,15H,9H2. The van der Waals surface area contributed by atoms with Crippen LogP contribution in [0.3, 0.4) is 0 Å². The molecule has 3 rings (SSSR count). The van der Waals surface area contributed by atoms with Crippen LogP contribution in [0.1, 0.15) is 5.56 Å². The van der Waals surface area contributed by atoms with E-state index in [0.29, 0.717) is 0 Å². The highest BCUT2D eigenvalue weighted by Crippen LogP contribution is 2.14.